The Balaban J connectivity index is 4.44. The minimum absolute atomic E-state index is 0.261. The molecule has 0 fully saturated rings. The molecule has 0 saturated heterocycles. The zero-order valence-electron chi connectivity index (χ0n) is 29.8. The van der Waals surface area contributed by atoms with Gasteiger partial charge in [0.2, 0.25) is 0 Å². The lowest BCUT2D eigenvalue weighted by Crippen LogP contribution is -2.11. The van der Waals surface area contributed by atoms with Gasteiger partial charge in [-0.3, -0.25) is 0 Å². The highest BCUT2D eigenvalue weighted by atomic mass is 31.1. The van der Waals surface area contributed by atoms with Crippen LogP contribution in [-0.2, 0) is 0 Å². The van der Waals surface area contributed by atoms with Crippen LogP contribution in [0.4, 0.5) is 0 Å². The molecule has 0 nitrogen and oxygen atoms in total. The van der Waals surface area contributed by atoms with Crippen LogP contribution in [0.2, 0.25) is 0 Å². The van der Waals surface area contributed by atoms with Crippen LogP contribution >= 0.6 is 7.92 Å². The average molecular weight is 595 g/mol. The first kappa shape index (κ1) is 41.4. The van der Waals surface area contributed by atoms with Crippen molar-refractivity contribution in [3.05, 3.63) is 0 Å². The van der Waals surface area contributed by atoms with Crippen molar-refractivity contribution in [2.75, 3.05) is 12.3 Å². The molecule has 0 rings (SSSR count). The smallest absolute Gasteiger partial charge is 0.0209 e. The lowest BCUT2D eigenvalue weighted by atomic mass is 10.0. The average Bonchev–Trinajstić information content (AvgIpc) is 2.98. The van der Waals surface area contributed by atoms with Crippen LogP contribution in [0.5, 0.6) is 0 Å². The third-order valence-corrected chi connectivity index (χ3v) is 13.0. The molecule has 248 valence electrons. The second kappa shape index (κ2) is 36.6. The number of rotatable bonds is 36. The molecule has 0 aliphatic heterocycles. The van der Waals surface area contributed by atoms with Gasteiger partial charge in [0.1, 0.15) is 0 Å². The van der Waals surface area contributed by atoms with E-state index < -0.39 is 0 Å². The Kier molecular flexibility index (Phi) is 37.0. The predicted molar refractivity (Wildman–Crippen MR) is 195 cm³/mol. The number of hydrogen-bond donors (Lipinski definition) is 0. The van der Waals surface area contributed by atoms with E-state index in [1.54, 1.807) is 25.2 Å². The van der Waals surface area contributed by atoms with Gasteiger partial charge in [-0.05, 0) is 43.7 Å². The fourth-order valence-corrected chi connectivity index (χ4v) is 10.0. The van der Waals surface area contributed by atoms with Crippen molar-refractivity contribution < 1.29 is 0 Å². The molecule has 1 unspecified atom stereocenters. The highest BCUT2D eigenvalue weighted by Crippen LogP contribution is 2.48. The summed E-state index contributed by atoms with van der Waals surface area (Å²) >= 11 is 0. The summed E-state index contributed by atoms with van der Waals surface area (Å²) in [4.78, 5) is 0. The van der Waals surface area contributed by atoms with Gasteiger partial charge in [-0.15, -0.1) is 7.92 Å². The van der Waals surface area contributed by atoms with E-state index in [9.17, 15) is 0 Å². The Hall–Kier alpha value is 0.430. The first-order valence-electron chi connectivity index (χ1n) is 20.0. The molecular formula is C40H83P. The first-order chi connectivity index (χ1) is 20.3. The highest BCUT2D eigenvalue weighted by Gasteiger charge is 2.20. The fourth-order valence-electron chi connectivity index (χ4n) is 6.73. The van der Waals surface area contributed by atoms with Crippen molar-refractivity contribution in [1.29, 1.82) is 0 Å². The van der Waals surface area contributed by atoms with Crippen LogP contribution < -0.4 is 0 Å². The second-order valence-electron chi connectivity index (χ2n) is 13.8. The van der Waals surface area contributed by atoms with Gasteiger partial charge in [0.05, 0.1) is 0 Å². The Bertz CT molecular complexity index is 430. The van der Waals surface area contributed by atoms with Crippen LogP contribution in [0, 0.1) is 0 Å². The molecular weight excluding hydrogens is 511 g/mol. The molecule has 0 bridgehead atoms. The van der Waals surface area contributed by atoms with Crippen molar-refractivity contribution >= 4 is 7.92 Å². The zero-order chi connectivity index (χ0) is 29.9. The van der Waals surface area contributed by atoms with Crippen molar-refractivity contribution in [1.82, 2.24) is 0 Å². The highest BCUT2D eigenvalue weighted by molar-refractivity contribution is 7.58. The van der Waals surface area contributed by atoms with E-state index >= 15 is 0 Å². The molecule has 1 atom stereocenters. The largest absolute Gasteiger partial charge is 0.104 e. The molecule has 0 aromatic carbocycles. The number of hydrogen-bond acceptors (Lipinski definition) is 0. The van der Waals surface area contributed by atoms with E-state index in [0.29, 0.717) is 0 Å². The van der Waals surface area contributed by atoms with Crippen molar-refractivity contribution in [3.8, 4) is 0 Å². The summed E-state index contributed by atoms with van der Waals surface area (Å²) in [6.45, 7) is 9.38. The van der Waals surface area contributed by atoms with Crippen molar-refractivity contribution in [2.24, 2.45) is 0 Å². The molecule has 0 aromatic heterocycles. The Morgan fingerprint density at radius 2 is 0.488 bits per heavy atom. The standard InChI is InChI=1S/C40H83P/c1-5-9-13-17-20-21-22-23-24-25-26-27-29-33-37-40(36-32-28-16-12-8-4)41(38-34-30-18-14-10-6-2)39-35-31-19-15-11-7-3/h40H,5-39H2,1-4H3. The molecule has 0 spiro atoms. The van der Waals surface area contributed by atoms with Gasteiger partial charge < -0.3 is 0 Å². The second-order valence-corrected chi connectivity index (χ2v) is 16.6. The minimum Gasteiger partial charge on any atom is -0.104 e. The summed E-state index contributed by atoms with van der Waals surface area (Å²) in [5.41, 5.74) is 1.09. The number of unbranched alkanes of at least 4 members (excludes halogenated alkanes) is 27. The van der Waals surface area contributed by atoms with E-state index in [4.69, 9.17) is 0 Å². The first-order valence-corrected chi connectivity index (χ1v) is 21.8. The SMILES string of the molecule is CCCCCCCCCCCCCCCCC(CCCCCCC)P(CCCCCCCC)CCCCCCCC. The van der Waals surface area contributed by atoms with Crippen LogP contribution in [0.1, 0.15) is 240 Å². The van der Waals surface area contributed by atoms with Crippen molar-refractivity contribution in [3.63, 3.8) is 0 Å². The molecule has 0 heterocycles. The van der Waals surface area contributed by atoms with E-state index in [2.05, 4.69) is 27.7 Å². The maximum absolute atomic E-state index is 2.36. The molecule has 0 aromatic rings. The predicted octanol–water partition coefficient (Wildman–Crippen LogP) is 15.8. The van der Waals surface area contributed by atoms with E-state index in [0.717, 1.165) is 5.66 Å². The molecule has 0 aliphatic rings. The van der Waals surface area contributed by atoms with Gasteiger partial charge in [-0.25, -0.2) is 0 Å². The molecule has 41 heavy (non-hydrogen) atoms. The minimum atomic E-state index is 0.261. The maximum atomic E-state index is 2.36. The van der Waals surface area contributed by atoms with Gasteiger partial charge in [-0.2, -0.15) is 0 Å². The van der Waals surface area contributed by atoms with Crippen LogP contribution in [0.15, 0.2) is 0 Å². The summed E-state index contributed by atoms with van der Waals surface area (Å²) in [6, 6.07) is 0. The van der Waals surface area contributed by atoms with Gasteiger partial charge in [0.25, 0.3) is 0 Å². The zero-order valence-corrected chi connectivity index (χ0v) is 30.7. The van der Waals surface area contributed by atoms with Crippen LogP contribution in [-0.4, -0.2) is 18.0 Å². The topological polar surface area (TPSA) is 0 Å². The normalized spacial score (nSPS) is 12.5. The van der Waals surface area contributed by atoms with Gasteiger partial charge >= 0.3 is 0 Å². The van der Waals surface area contributed by atoms with Crippen molar-refractivity contribution in [2.45, 2.75) is 245 Å². The van der Waals surface area contributed by atoms with Crippen LogP contribution in [0.25, 0.3) is 0 Å². The molecule has 1 heteroatoms. The van der Waals surface area contributed by atoms with Gasteiger partial charge in [-0.1, -0.05) is 214 Å². The molecule has 0 N–H and O–H groups in total. The summed E-state index contributed by atoms with van der Waals surface area (Å²) in [5, 5.41) is 0. The quantitative estimate of drug-likeness (QED) is 0.0500. The summed E-state index contributed by atoms with van der Waals surface area (Å²) in [5.74, 6) is 0. The molecule has 0 amide bonds. The molecule has 0 radical (unpaired) electrons. The lowest BCUT2D eigenvalue weighted by Gasteiger charge is -2.29. The van der Waals surface area contributed by atoms with Gasteiger partial charge in [0, 0.05) is 0 Å². The van der Waals surface area contributed by atoms with E-state index in [-0.39, 0.29) is 7.92 Å². The Morgan fingerprint density at radius 3 is 0.756 bits per heavy atom. The summed E-state index contributed by atoms with van der Waals surface area (Å²) in [6.07, 6.45) is 52.2. The maximum Gasteiger partial charge on any atom is -0.0209 e. The monoisotopic (exact) mass is 595 g/mol. The lowest BCUT2D eigenvalue weighted by molar-refractivity contribution is 0.521. The Labute approximate surface area is 264 Å². The van der Waals surface area contributed by atoms with Crippen LogP contribution in [0.3, 0.4) is 0 Å². The molecule has 0 saturated carbocycles. The third-order valence-electron chi connectivity index (χ3n) is 9.65. The Morgan fingerprint density at radius 1 is 0.268 bits per heavy atom. The van der Waals surface area contributed by atoms with E-state index in [1.807, 2.05) is 0 Å². The summed E-state index contributed by atoms with van der Waals surface area (Å²) < 4.78 is 0. The third kappa shape index (κ3) is 31.7. The summed E-state index contributed by atoms with van der Waals surface area (Å²) in [7, 11) is 0.261. The van der Waals surface area contributed by atoms with Gasteiger partial charge in [0.15, 0.2) is 0 Å². The fraction of sp³-hybridized carbons (Fsp3) is 1.00. The van der Waals surface area contributed by atoms with E-state index in [1.165, 1.54) is 199 Å². The molecule has 0 aliphatic carbocycles.